The Kier molecular flexibility index (Phi) is 14.1. The summed E-state index contributed by atoms with van der Waals surface area (Å²) in [4.78, 5) is 5.03. The van der Waals surface area contributed by atoms with E-state index < -0.39 is 0 Å². The molecule has 0 saturated carbocycles. The standard InChI is InChI=1S/C64H64Cl2N2S/c1-9-11-23-45-35-58-54-33-19-20-34-59(54)69-62(58)55(32-12-10-2)60(45)67(50-30-21-28-48(65)40-50)52-36-46(63(3,4)5)37-53(42-52)68(51-31-22-29-49(66)41-51)61-56(43-24-15-13-16-25-43)38-47(64(6,7)8)39-57(61)44-26-17-14-18-27-44/h13-22,24-31,33-42H,9-12,23,32H2,1-8H3. The predicted octanol–water partition coefficient (Wildman–Crippen LogP) is 20.9. The third-order valence-corrected chi connectivity index (χ3v) is 15.1. The van der Waals surface area contributed by atoms with Crippen LogP contribution < -0.4 is 9.80 Å². The first-order valence-electron chi connectivity index (χ1n) is 24.8. The topological polar surface area (TPSA) is 6.48 Å². The van der Waals surface area contributed by atoms with Crippen molar-refractivity contribution in [1.29, 1.82) is 0 Å². The Labute approximate surface area is 425 Å². The largest absolute Gasteiger partial charge is 0.310 e. The van der Waals surface area contributed by atoms with Crippen LogP contribution in [0.5, 0.6) is 0 Å². The molecule has 0 atom stereocenters. The van der Waals surface area contributed by atoms with Crippen LogP contribution in [-0.4, -0.2) is 0 Å². The van der Waals surface area contributed by atoms with Gasteiger partial charge in [0, 0.05) is 64.1 Å². The molecule has 9 rings (SSSR count). The van der Waals surface area contributed by atoms with E-state index in [0.29, 0.717) is 10.0 Å². The number of unbranched alkanes of at least 4 members (excludes halogenated alkanes) is 2. The van der Waals surface area contributed by atoms with Gasteiger partial charge in [0.2, 0.25) is 0 Å². The Balaban J connectivity index is 1.44. The summed E-state index contributed by atoms with van der Waals surface area (Å²) in [7, 11) is 0. The third kappa shape index (κ3) is 10.1. The van der Waals surface area contributed by atoms with Crippen LogP contribution in [0.3, 0.4) is 0 Å². The lowest BCUT2D eigenvalue weighted by Crippen LogP contribution is -2.20. The first-order chi connectivity index (χ1) is 33.2. The highest BCUT2D eigenvalue weighted by atomic mass is 35.5. The van der Waals surface area contributed by atoms with Gasteiger partial charge in [0.25, 0.3) is 0 Å². The van der Waals surface area contributed by atoms with Crippen molar-refractivity contribution in [1.82, 2.24) is 0 Å². The van der Waals surface area contributed by atoms with Crippen molar-refractivity contribution in [2.75, 3.05) is 9.80 Å². The van der Waals surface area contributed by atoms with Crippen molar-refractivity contribution in [2.45, 2.75) is 105 Å². The molecule has 0 N–H and O–H groups in total. The molecule has 5 heteroatoms. The Morgan fingerprint density at radius 2 is 0.942 bits per heavy atom. The molecule has 8 aromatic carbocycles. The lowest BCUT2D eigenvalue weighted by Gasteiger charge is -2.36. The second-order valence-electron chi connectivity index (χ2n) is 20.6. The van der Waals surface area contributed by atoms with E-state index in [1.54, 1.807) is 0 Å². The van der Waals surface area contributed by atoms with Gasteiger partial charge in [-0.05, 0) is 149 Å². The maximum Gasteiger partial charge on any atom is 0.0618 e. The van der Waals surface area contributed by atoms with Crippen LogP contribution in [0.4, 0.5) is 34.1 Å². The number of thiophene rings is 1. The summed E-state index contributed by atoms with van der Waals surface area (Å²) in [6.07, 6.45) is 6.30. The van der Waals surface area contributed by atoms with Crippen LogP contribution in [0.25, 0.3) is 42.4 Å². The number of nitrogens with zero attached hydrogens (tertiary/aromatic N) is 2. The van der Waals surface area contributed by atoms with Gasteiger partial charge < -0.3 is 9.80 Å². The fourth-order valence-electron chi connectivity index (χ4n) is 9.71. The molecule has 350 valence electrons. The van der Waals surface area contributed by atoms with Gasteiger partial charge in [-0.15, -0.1) is 11.3 Å². The highest BCUT2D eigenvalue weighted by Crippen LogP contribution is 2.53. The minimum atomic E-state index is -0.225. The second-order valence-corrected chi connectivity index (χ2v) is 22.5. The van der Waals surface area contributed by atoms with Gasteiger partial charge in [-0.2, -0.15) is 0 Å². The minimum absolute atomic E-state index is 0.121. The van der Waals surface area contributed by atoms with Crippen molar-refractivity contribution in [3.63, 3.8) is 0 Å². The number of hydrogen-bond acceptors (Lipinski definition) is 3. The lowest BCUT2D eigenvalue weighted by atomic mass is 9.81. The van der Waals surface area contributed by atoms with E-state index in [-0.39, 0.29) is 10.8 Å². The number of hydrogen-bond donors (Lipinski definition) is 0. The minimum Gasteiger partial charge on any atom is -0.310 e. The van der Waals surface area contributed by atoms with E-state index in [4.69, 9.17) is 23.2 Å². The number of halogens is 2. The first-order valence-corrected chi connectivity index (χ1v) is 26.3. The van der Waals surface area contributed by atoms with Crippen molar-refractivity contribution < 1.29 is 0 Å². The third-order valence-electron chi connectivity index (χ3n) is 13.4. The van der Waals surface area contributed by atoms with Crippen molar-refractivity contribution in [3.05, 3.63) is 202 Å². The molecular weight excluding hydrogens is 900 g/mol. The van der Waals surface area contributed by atoms with Gasteiger partial charge in [-0.3, -0.25) is 0 Å². The van der Waals surface area contributed by atoms with Gasteiger partial charge in [-0.1, -0.05) is 182 Å². The zero-order chi connectivity index (χ0) is 48.5. The highest BCUT2D eigenvalue weighted by Gasteiger charge is 2.30. The van der Waals surface area contributed by atoms with Gasteiger partial charge in [0.15, 0.2) is 0 Å². The Bertz CT molecular complexity index is 3190. The van der Waals surface area contributed by atoms with E-state index in [2.05, 4.69) is 223 Å². The molecule has 0 aliphatic rings. The van der Waals surface area contributed by atoms with Gasteiger partial charge in [-0.25, -0.2) is 0 Å². The molecule has 0 bridgehead atoms. The van der Waals surface area contributed by atoms with E-state index >= 15 is 0 Å². The lowest BCUT2D eigenvalue weighted by molar-refractivity contribution is 0.590. The zero-order valence-electron chi connectivity index (χ0n) is 41.5. The molecule has 1 heterocycles. The van der Waals surface area contributed by atoms with Crippen LogP contribution in [0.1, 0.15) is 103 Å². The van der Waals surface area contributed by atoms with Crippen molar-refractivity contribution in [2.24, 2.45) is 0 Å². The smallest absolute Gasteiger partial charge is 0.0618 e. The predicted molar refractivity (Wildman–Crippen MR) is 304 cm³/mol. The van der Waals surface area contributed by atoms with Crippen LogP contribution in [0.15, 0.2) is 170 Å². The quantitative estimate of drug-likeness (QED) is 0.107. The number of rotatable bonds is 14. The maximum atomic E-state index is 7.07. The second kappa shape index (κ2) is 20.2. The fraction of sp³-hybridized carbons (Fsp3) is 0.250. The molecule has 0 aliphatic carbocycles. The van der Waals surface area contributed by atoms with Crippen LogP contribution in [0.2, 0.25) is 10.0 Å². The highest BCUT2D eigenvalue weighted by molar-refractivity contribution is 7.26. The summed E-state index contributed by atoms with van der Waals surface area (Å²) in [5.74, 6) is 0. The summed E-state index contributed by atoms with van der Waals surface area (Å²) in [6.45, 7) is 18.5. The first kappa shape index (κ1) is 48.2. The molecule has 69 heavy (non-hydrogen) atoms. The molecule has 0 saturated heterocycles. The summed E-state index contributed by atoms with van der Waals surface area (Å²) in [5, 5.41) is 4.08. The van der Waals surface area contributed by atoms with Crippen LogP contribution in [-0.2, 0) is 23.7 Å². The average Bonchev–Trinajstić information content (AvgIpc) is 3.71. The van der Waals surface area contributed by atoms with Crippen molar-refractivity contribution in [3.8, 4) is 22.3 Å². The van der Waals surface area contributed by atoms with Gasteiger partial charge in [0.05, 0.1) is 11.4 Å². The molecule has 0 fully saturated rings. The van der Waals surface area contributed by atoms with E-state index in [1.165, 1.54) is 48.1 Å². The van der Waals surface area contributed by atoms with E-state index in [1.807, 2.05) is 23.5 Å². The molecule has 2 nitrogen and oxygen atoms in total. The van der Waals surface area contributed by atoms with Crippen molar-refractivity contribution >= 4 is 88.8 Å². The number of fused-ring (bicyclic) bond motifs is 3. The van der Waals surface area contributed by atoms with Crippen LogP contribution in [0, 0.1) is 0 Å². The van der Waals surface area contributed by atoms with E-state index in [9.17, 15) is 0 Å². The average molecular weight is 964 g/mol. The van der Waals surface area contributed by atoms with Gasteiger partial charge in [0.1, 0.15) is 0 Å². The zero-order valence-corrected chi connectivity index (χ0v) is 43.8. The molecule has 1 aromatic heterocycles. The van der Waals surface area contributed by atoms with Crippen LogP contribution >= 0.6 is 34.5 Å². The monoisotopic (exact) mass is 962 g/mol. The molecule has 0 aliphatic heterocycles. The molecule has 0 spiro atoms. The summed E-state index contributed by atoms with van der Waals surface area (Å²) in [6, 6.07) is 62.2. The Hall–Kier alpha value is -5.84. The summed E-state index contributed by atoms with van der Waals surface area (Å²) < 4.78 is 2.70. The molecule has 0 radical (unpaired) electrons. The Morgan fingerprint density at radius 1 is 0.449 bits per heavy atom. The fourth-order valence-corrected chi connectivity index (χ4v) is 11.3. The number of benzene rings is 8. The van der Waals surface area contributed by atoms with Gasteiger partial charge >= 0.3 is 0 Å². The molecule has 9 aromatic rings. The normalized spacial score (nSPS) is 12.0. The number of aryl methyl sites for hydroxylation is 2. The van der Waals surface area contributed by atoms with E-state index in [0.717, 1.165) is 89.2 Å². The maximum absolute atomic E-state index is 7.07. The molecule has 0 unspecified atom stereocenters. The SMILES string of the molecule is CCCCc1cc2c(sc3ccccc32)c(CCCC)c1N(c1cccc(Cl)c1)c1cc(N(c2cccc(Cl)c2)c2c(-c3ccccc3)cc(C(C)(C)C)cc2-c2ccccc2)cc(C(C)(C)C)c1. The molecular formula is C64H64Cl2N2S. The number of anilines is 6. The Morgan fingerprint density at radius 3 is 1.46 bits per heavy atom. The molecule has 0 amide bonds. The summed E-state index contributed by atoms with van der Waals surface area (Å²) in [5.41, 5.74) is 16.0. The summed E-state index contributed by atoms with van der Waals surface area (Å²) >= 11 is 16.1.